The van der Waals surface area contributed by atoms with E-state index in [0.29, 0.717) is 30.1 Å². The molecule has 0 unspecified atom stereocenters. The van der Waals surface area contributed by atoms with Crippen LogP contribution in [0.15, 0.2) is 23.8 Å². The van der Waals surface area contributed by atoms with Gasteiger partial charge in [-0.25, -0.2) is 0 Å². The molecule has 0 amide bonds. The van der Waals surface area contributed by atoms with Crippen molar-refractivity contribution in [2.24, 2.45) is 45.3 Å². The summed E-state index contributed by atoms with van der Waals surface area (Å²) in [5, 5.41) is 52.2. The molecule has 2 heterocycles. The van der Waals surface area contributed by atoms with E-state index in [1.54, 1.807) is 7.11 Å². The van der Waals surface area contributed by atoms with Crippen molar-refractivity contribution < 1.29 is 44.5 Å². The lowest BCUT2D eigenvalue weighted by molar-refractivity contribution is -0.308. The van der Waals surface area contributed by atoms with Gasteiger partial charge in [0.2, 0.25) is 0 Å². The number of ether oxygens (including phenoxy) is 4. The Morgan fingerprint density at radius 1 is 0.957 bits per heavy atom. The van der Waals surface area contributed by atoms with Crippen LogP contribution in [0.5, 0.6) is 0 Å². The summed E-state index contributed by atoms with van der Waals surface area (Å²) in [7, 11) is 1.79. The Kier molecular flexibility index (Phi) is 9.02. The molecule has 5 fully saturated rings. The first kappa shape index (κ1) is 35.0. The molecule has 5 N–H and O–H groups in total. The van der Waals surface area contributed by atoms with Crippen LogP contribution < -0.4 is 0 Å². The molecule has 0 radical (unpaired) electrons. The zero-order valence-corrected chi connectivity index (χ0v) is 29.2. The highest BCUT2D eigenvalue weighted by Crippen LogP contribution is 2.79. The number of fused-ring (bicyclic) bond motifs is 2. The predicted octanol–water partition coefficient (Wildman–Crippen LogP) is 4.09. The highest BCUT2D eigenvalue weighted by molar-refractivity contribution is 5.34. The maximum absolute atomic E-state index is 11.2. The maximum Gasteiger partial charge on any atom is 0.187 e. The van der Waals surface area contributed by atoms with Crippen LogP contribution in [-0.2, 0) is 18.9 Å². The topological polar surface area (TPSA) is 138 Å². The van der Waals surface area contributed by atoms with Crippen LogP contribution in [0.3, 0.4) is 0 Å². The van der Waals surface area contributed by atoms with Crippen LogP contribution in [0.25, 0.3) is 0 Å². The first-order valence-electron chi connectivity index (χ1n) is 17.7. The molecule has 16 atom stereocenters. The number of hydrogen-bond acceptors (Lipinski definition) is 9. The predicted molar refractivity (Wildman–Crippen MR) is 172 cm³/mol. The van der Waals surface area contributed by atoms with Gasteiger partial charge in [-0.15, -0.1) is 0 Å². The fourth-order valence-electron chi connectivity index (χ4n) is 11.9. The van der Waals surface area contributed by atoms with Crippen LogP contribution in [0.2, 0.25) is 0 Å². The van der Waals surface area contributed by atoms with E-state index < -0.39 is 54.4 Å². The van der Waals surface area contributed by atoms with Crippen molar-refractivity contribution in [2.75, 3.05) is 13.7 Å². The Bertz CT molecular complexity index is 1200. The highest BCUT2D eigenvalue weighted by Gasteiger charge is 2.78. The van der Waals surface area contributed by atoms with Crippen molar-refractivity contribution in [3.05, 3.63) is 23.8 Å². The van der Waals surface area contributed by atoms with E-state index in [-0.39, 0.29) is 28.6 Å². The molecule has 262 valence electrons. The van der Waals surface area contributed by atoms with E-state index in [1.165, 1.54) is 0 Å². The molecule has 0 aromatic heterocycles. The van der Waals surface area contributed by atoms with Gasteiger partial charge in [0.05, 0.1) is 18.8 Å². The smallest absolute Gasteiger partial charge is 0.187 e. The van der Waals surface area contributed by atoms with Gasteiger partial charge in [0.25, 0.3) is 0 Å². The van der Waals surface area contributed by atoms with Crippen LogP contribution in [0.1, 0.15) is 93.4 Å². The molecule has 6 rings (SSSR count). The summed E-state index contributed by atoms with van der Waals surface area (Å²) in [6.45, 7) is 15.2. The first-order chi connectivity index (χ1) is 21.5. The lowest BCUT2D eigenvalue weighted by atomic mass is 9.38. The number of hydrogen-bond donors (Lipinski definition) is 5. The van der Waals surface area contributed by atoms with E-state index in [1.807, 2.05) is 19.9 Å². The molecule has 9 heteroatoms. The molecule has 4 aliphatic carbocycles. The minimum Gasteiger partial charge on any atom is -0.394 e. The molecule has 2 bridgehead atoms. The molecule has 9 nitrogen and oxygen atoms in total. The summed E-state index contributed by atoms with van der Waals surface area (Å²) in [6.07, 6.45) is 5.99. The number of aliphatic hydroxyl groups is 5. The van der Waals surface area contributed by atoms with Crippen molar-refractivity contribution in [3.8, 4) is 0 Å². The summed E-state index contributed by atoms with van der Waals surface area (Å²) in [4.78, 5) is 0. The van der Waals surface area contributed by atoms with Gasteiger partial charge >= 0.3 is 0 Å². The number of allylic oxidation sites excluding steroid dienone is 2. The number of rotatable bonds is 8. The van der Waals surface area contributed by atoms with E-state index in [2.05, 4.69) is 46.8 Å². The molecule has 1 spiro atoms. The molecule has 0 aromatic rings. The monoisotopic (exact) mass is 648 g/mol. The normalized spacial score (nSPS) is 51.9. The molecule has 2 saturated heterocycles. The van der Waals surface area contributed by atoms with Crippen molar-refractivity contribution in [2.45, 2.75) is 148 Å². The van der Waals surface area contributed by atoms with Crippen LogP contribution >= 0.6 is 0 Å². The molecule has 6 aliphatic rings. The van der Waals surface area contributed by atoms with Crippen molar-refractivity contribution >= 4 is 0 Å². The van der Waals surface area contributed by atoms with E-state index in [9.17, 15) is 25.5 Å². The second-order valence-corrected chi connectivity index (χ2v) is 17.1. The lowest BCUT2D eigenvalue weighted by Crippen LogP contribution is -2.65. The van der Waals surface area contributed by atoms with Gasteiger partial charge in [-0.05, 0) is 87.4 Å². The Morgan fingerprint density at radius 2 is 1.67 bits per heavy atom. The van der Waals surface area contributed by atoms with Gasteiger partial charge < -0.3 is 44.5 Å². The Hall–Kier alpha value is -0.880. The third-order valence-electron chi connectivity index (χ3n) is 14.6. The van der Waals surface area contributed by atoms with E-state index >= 15 is 0 Å². The van der Waals surface area contributed by atoms with Crippen molar-refractivity contribution in [3.63, 3.8) is 0 Å². The van der Waals surface area contributed by atoms with Gasteiger partial charge in [-0.1, -0.05) is 58.4 Å². The summed E-state index contributed by atoms with van der Waals surface area (Å²) in [5.74, 6) is 1.32. The highest BCUT2D eigenvalue weighted by atomic mass is 16.7. The van der Waals surface area contributed by atoms with Crippen LogP contribution in [-0.4, -0.2) is 94.1 Å². The molecular weight excluding hydrogens is 588 g/mol. The summed E-state index contributed by atoms with van der Waals surface area (Å²) >= 11 is 0. The summed E-state index contributed by atoms with van der Waals surface area (Å²) in [6, 6.07) is 0. The standard InChI is InChI=1S/C37H60O9/c1-20(2)17-22(44-31-30(42)29(41)28(40)24(19-38)45-31)18-21(3)23-11-13-35(7)25-12-14-37-26(9-10-27(39)33(37,4)5)36(25,32(43-8)46-37)16-15-34(23,35)6/h12,14,17,21-32,38-42H,9-11,13,15-16,18-19H2,1-8H3/t21-,22+,23-,24-,25+,26+,27+,28-,29+,30-,31-,32-,34-,35+,36+,37-/m1/s1. The second kappa shape index (κ2) is 11.9. The molecular formula is C37H60O9. The third kappa shape index (κ3) is 4.66. The Balaban J connectivity index is 1.26. The van der Waals surface area contributed by atoms with Gasteiger partial charge in [0, 0.05) is 23.9 Å². The number of aliphatic hydroxyl groups excluding tert-OH is 5. The minimum absolute atomic E-state index is 0.0294. The maximum atomic E-state index is 11.2. The van der Waals surface area contributed by atoms with E-state index in [0.717, 1.165) is 44.1 Å². The van der Waals surface area contributed by atoms with Gasteiger partial charge in [-0.3, -0.25) is 0 Å². The zero-order chi connectivity index (χ0) is 33.6. The SMILES string of the molecule is CO[C@@H]1O[C@]23C=C[C@@H]4[C@@]1(CC[C@]1(C)[C@@H]([C@H](C)C[C@H](C=C(C)C)O[C@@H]5O[C@H](CO)[C@@H](O)[C@H](O)[C@H]5O)CC[C@@]41C)[C@@H]2CC[C@H](O)C3(C)C. The van der Waals surface area contributed by atoms with Crippen molar-refractivity contribution in [1.82, 2.24) is 0 Å². The Morgan fingerprint density at radius 3 is 2.33 bits per heavy atom. The second-order valence-electron chi connectivity index (χ2n) is 17.1. The Labute approximate surface area is 275 Å². The van der Waals surface area contributed by atoms with E-state index in [4.69, 9.17) is 18.9 Å². The number of methoxy groups -OCH3 is 1. The summed E-state index contributed by atoms with van der Waals surface area (Å²) in [5.41, 5.74) is 0.0950. The molecule has 3 saturated carbocycles. The van der Waals surface area contributed by atoms with Crippen molar-refractivity contribution in [1.29, 1.82) is 0 Å². The van der Waals surface area contributed by atoms with Gasteiger partial charge in [0.15, 0.2) is 12.6 Å². The average molecular weight is 649 g/mol. The fourth-order valence-corrected chi connectivity index (χ4v) is 11.9. The van der Waals surface area contributed by atoms with Gasteiger partial charge in [0.1, 0.15) is 30.0 Å². The molecule has 2 aliphatic heterocycles. The summed E-state index contributed by atoms with van der Waals surface area (Å²) < 4.78 is 25.3. The zero-order valence-electron chi connectivity index (χ0n) is 29.2. The largest absolute Gasteiger partial charge is 0.394 e. The molecule has 0 aromatic carbocycles. The third-order valence-corrected chi connectivity index (χ3v) is 14.6. The molecule has 46 heavy (non-hydrogen) atoms. The van der Waals surface area contributed by atoms with Crippen LogP contribution in [0, 0.1) is 45.3 Å². The lowest BCUT2D eigenvalue weighted by Gasteiger charge is -2.65. The van der Waals surface area contributed by atoms with Crippen LogP contribution in [0.4, 0.5) is 0 Å². The average Bonchev–Trinajstić information content (AvgIpc) is 3.38. The minimum atomic E-state index is -1.47. The first-order valence-corrected chi connectivity index (χ1v) is 17.7. The fraction of sp³-hybridized carbons (Fsp3) is 0.892. The quantitative estimate of drug-likeness (QED) is 0.247. The van der Waals surface area contributed by atoms with Gasteiger partial charge in [-0.2, -0.15) is 0 Å².